The Hall–Kier alpha value is -0.420. The van der Waals surface area contributed by atoms with Crippen LogP contribution in [0.2, 0.25) is 0 Å². The fourth-order valence-electron chi connectivity index (χ4n) is 1.93. The number of aliphatic hydroxyl groups excluding tert-OH is 1. The number of rotatable bonds is 9. The Morgan fingerprint density at radius 1 is 1.56 bits per heavy atom. The first-order chi connectivity index (χ1) is 8.79. The summed E-state index contributed by atoms with van der Waals surface area (Å²) in [5.41, 5.74) is 0. The van der Waals surface area contributed by atoms with Gasteiger partial charge in [-0.25, -0.2) is 0 Å². The van der Waals surface area contributed by atoms with Crippen LogP contribution in [0, 0.1) is 5.92 Å². The number of hydrogen-bond donors (Lipinski definition) is 2. The van der Waals surface area contributed by atoms with Crippen molar-refractivity contribution in [3.63, 3.8) is 0 Å². The highest BCUT2D eigenvalue weighted by molar-refractivity contribution is 7.10. The SMILES string of the molecule is CCC(NCC(O)COCC1CC1)c1cccs1. The molecule has 0 amide bonds. The van der Waals surface area contributed by atoms with Crippen LogP contribution in [0.3, 0.4) is 0 Å². The van der Waals surface area contributed by atoms with Crippen molar-refractivity contribution < 1.29 is 9.84 Å². The van der Waals surface area contributed by atoms with E-state index >= 15 is 0 Å². The minimum absolute atomic E-state index is 0.350. The van der Waals surface area contributed by atoms with E-state index < -0.39 is 6.10 Å². The molecule has 1 aliphatic carbocycles. The smallest absolute Gasteiger partial charge is 0.0897 e. The largest absolute Gasteiger partial charge is 0.389 e. The van der Waals surface area contributed by atoms with E-state index in [-0.39, 0.29) is 0 Å². The Labute approximate surface area is 113 Å². The second kappa shape index (κ2) is 7.24. The Morgan fingerprint density at radius 3 is 3.00 bits per heavy atom. The van der Waals surface area contributed by atoms with E-state index in [0.29, 0.717) is 19.2 Å². The molecule has 3 nitrogen and oxygen atoms in total. The van der Waals surface area contributed by atoms with Crippen molar-refractivity contribution >= 4 is 11.3 Å². The summed E-state index contributed by atoms with van der Waals surface area (Å²) in [5, 5.41) is 15.3. The van der Waals surface area contributed by atoms with Gasteiger partial charge in [-0.1, -0.05) is 13.0 Å². The van der Waals surface area contributed by atoms with Crippen molar-refractivity contribution in [1.29, 1.82) is 0 Å². The van der Waals surface area contributed by atoms with Gasteiger partial charge >= 0.3 is 0 Å². The first-order valence-electron chi connectivity index (χ1n) is 6.82. The highest BCUT2D eigenvalue weighted by Crippen LogP contribution is 2.28. The summed E-state index contributed by atoms with van der Waals surface area (Å²) in [6, 6.07) is 4.56. The van der Waals surface area contributed by atoms with Crippen LogP contribution in [0.15, 0.2) is 17.5 Å². The van der Waals surface area contributed by atoms with E-state index in [2.05, 4.69) is 29.8 Å². The molecule has 1 heterocycles. The van der Waals surface area contributed by atoms with Crippen molar-refractivity contribution in [3.05, 3.63) is 22.4 Å². The summed E-state index contributed by atoms with van der Waals surface area (Å²) in [5.74, 6) is 0.764. The molecule has 2 atom stereocenters. The number of ether oxygens (including phenoxy) is 1. The van der Waals surface area contributed by atoms with Gasteiger partial charge in [0.15, 0.2) is 0 Å². The van der Waals surface area contributed by atoms with Crippen LogP contribution in [0.1, 0.15) is 37.1 Å². The molecule has 2 rings (SSSR count). The molecule has 1 aromatic heterocycles. The third kappa shape index (κ3) is 4.69. The van der Waals surface area contributed by atoms with Crippen LogP contribution in [0.25, 0.3) is 0 Å². The van der Waals surface area contributed by atoms with Crippen LogP contribution in [-0.4, -0.2) is 31.0 Å². The maximum Gasteiger partial charge on any atom is 0.0897 e. The first kappa shape index (κ1) is 14.0. The molecular formula is C14H23NO2S. The first-order valence-corrected chi connectivity index (χ1v) is 7.70. The van der Waals surface area contributed by atoms with E-state index in [1.54, 1.807) is 11.3 Å². The van der Waals surface area contributed by atoms with Crippen molar-refractivity contribution in [3.8, 4) is 0 Å². The second-order valence-corrected chi connectivity index (χ2v) is 6.00. The lowest BCUT2D eigenvalue weighted by Crippen LogP contribution is -2.32. The zero-order chi connectivity index (χ0) is 12.8. The predicted molar refractivity (Wildman–Crippen MR) is 74.9 cm³/mol. The molecule has 102 valence electrons. The summed E-state index contributed by atoms with van der Waals surface area (Å²) in [6.07, 6.45) is 3.23. The summed E-state index contributed by atoms with van der Waals surface area (Å²) in [7, 11) is 0. The standard InChI is InChI=1S/C14H23NO2S/c1-2-13(14-4-3-7-18-14)15-8-12(16)10-17-9-11-5-6-11/h3-4,7,11-13,15-16H,2,5-6,8-10H2,1H3. The summed E-state index contributed by atoms with van der Waals surface area (Å²) in [4.78, 5) is 1.34. The summed E-state index contributed by atoms with van der Waals surface area (Å²) < 4.78 is 5.49. The predicted octanol–water partition coefficient (Wildman–Crippen LogP) is 2.58. The Bertz CT molecular complexity index is 325. The summed E-state index contributed by atoms with van der Waals surface area (Å²) in [6.45, 7) is 4.03. The molecule has 4 heteroatoms. The van der Waals surface area contributed by atoms with Gasteiger partial charge in [-0.2, -0.15) is 0 Å². The van der Waals surface area contributed by atoms with Crippen LogP contribution in [-0.2, 0) is 4.74 Å². The normalized spacial score (nSPS) is 18.8. The topological polar surface area (TPSA) is 41.5 Å². The van der Waals surface area contributed by atoms with Crippen LogP contribution >= 0.6 is 11.3 Å². The fraction of sp³-hybridized carbons (Fsp3) is 0.714. The van der Waals surface area contributed by atoms with Crippen molar-refractivity contribution in [2.45, 2.75) is 38.3 Å². The van der Waals surface area contributed by atoms with Gasteiger partial charge in [0, 0.05) is 24.1 Å². The third-order valence-electron chi connectivity index (χ3n) is 3.26. The van der Waals surface area contributed by atoms with Gasteiger partial charge in [0.2, 0.25) is 0 Å². The molecule has 1 aliphatic rings. The van der Waals surface area contributed by atoms with Crippen molar-refractivity contribution in [2.24, 2.45) is 5.92 Å². The van der Waals surface area contributed by atoms with E-state index in [1.807, 2.05) is 0 Å². The van der Waals surface area contributed by atoms with E-state index in [1.165, 1.54) is 17.7 Å². The zero-order valence-electron chi connectivity index (χ0n) is 11.0. The Kier molecular flexibility index (Phi) is 5.63. The molecule has 2 N–H and O–H groups in total. The Morgan fingerprint density at radius 2 is 2.39 bits per heavy atom. The average Bonchev–Trinajstić information content (AvgIpc) is 3.03. The molecule has 0 saturated heterocycles. The highest BCUT2D eigenvalue weighted by atomic mass is 32.1. The molecule has 1 aromatic rings. The molecule has 1 fully saturated rings. The number of nitrogens with one attached hydrogen (secondary N) is 1. The fourth-order valence-corrected chi connectivity index (χ4v) is 2.81. The number of aliphatic hydroxyl groups is 1. The van der Waals surface area contributed by atoms with Crippen molar-refractivity contribution in [1.82, 2.24) is 5.32 Å². The monoisotopic (exact) mass is 269 g/mol. The molecule has 0 aromatic carbocycles. The molecule has 18 heavy (non-hydrogen) atoms. The molecule has 0 radical (unpaired) electrons. The van der Waals surface area contributed by atoms with Gasteiger partial charge in [-0.3, -0.25) is 0 Å². The third-order valence-corrected chi connectivity index (χ3v) is 4.24. The maximum atomic E-state index is 9.84. The lowest BCUT2D eigenvalue weighted by molar-refractivity contribution is 0.0312. The molecular weight excluding hydrogens is 246 g/mol. The van der Waals surface area contributed by atoms with Gasteiger partial charge in [0.25, 0.3) is 0 Å². The van der Waals surface area contributed by atoms with Crippen LogP contribution in [0.4, 0.5) is 0 Å². The van der Waals surface area contributed by atoms with Gasteiger partial charge in [-0.15, -0.1) is 11.3 Å². The molecule has 2 unspecified atom stereocenters. The van der Waals surface area contributed by atoms with Crippen LogP contribution in [0.5, 0.6) is 0 Å². The van der Waals surface area contributed by atoms with E-state index in [4.69, 9.17) is 4.74 Å². The second-order valence-electron chi connectivity index (χ2n) is 5.02. The maximum absolute atomic E-state index is 9.84. The van der Waals surface area contributed by atoms with E-state index in [9.17, 15) is 5.11 Å². The minimum Gasteiger partial charge on any atom is -0.389 e. The zero-order valence-corrected chi connectivity index (χ0v) is 11.8. The summed E-state index contributed by atoms with van der Waals surface area (Å²) >= 11 is 1.76. The lowest BCUT2D eigenvalue weighted by Gasteiger charge is -2.18. The minimum atomic E-state index is -0.405. The van der Waals surface area contributed by atoms with Crippen LogP contribution < -0.4 is 5.32 Å². The average molecular weight is 269 g/mol. The van der Waals surface area contributed by atoms with Gasteiger partial charge < -0.3 is 15.2 Å². The number of hydrogen-bond acceptors (Lipinski definition) is 4. The Balaban J connectivity index is 1.62. The highest BCUT2D eigenvalue weighted by Gasteiger charge is 2.21. The molecule has 0 bridgehead atoms. The van der Waals surface area contributed by atoms with Crippen molar-refractivity contribution in [2.75, 3.05) is 19.8 Å². The quantitative estimate of drug-likeness (QED) is 0.724. The molecule has 0 aliphatic heterocycles. The van der Waals surface area contributed by atoms with Gasteiger partial charge in [0.05, 0.1) is 12.7 Å². The lowest BCUT2D eigenvalue weighted by atomic mass is 10.2. The molecule has 1 saturated carbocycles. The number of thiophene rings is 1. The van der Waals surface area contributed by atoms with Gasteiger partial charge in [0.1, 0.15) is 0 Å². The van der Waals surface area contributed by atoms with E-state index in [0.717, 1.165) is 18.9 Å². The molecule has 0 spiro atoms. The van der Waals surface area contributed by atoms with Gasteiger partial charge in [-0.05, 0) is 36.6 Å².